The van der Waals surface area contributed by atoms with E-state index in [9.17, 15) is 4.79 Å². The molecule has 17 heavy (non-hydrogen) atoms. The monoisotopic (exact) mass is 289 g/mol. The van der Waals surface area contributed by atoms with Crippen LogP contribution in [0.15, 0.2) is 30.5 Å². The summed E-state index contributed by atoms with van der Waals surface area (Å²) >= 11 is 9.90. The van der Waals surface area contributed by atoms with Crippen molar-refractivity contribution >= 4 is 46.0 Å². The van der Waals surface area contributed by atoms with Crippen LogP contribution in [0.5, 0.6) is 0 Å². The van der Waals surface area contributed by atoms with Gasteiger partial charge in [-0.25, -0.2) is 4.79 Å². The average Bonchev–Trinajstić information content (AvgIpc) is 2.67. The SMILES string of the molecule is COC(=O)c1cn(C(=S)[S-])c2ccccc12.[K+]. The van der Waals surface area contributed by atoms with Gasteiger partial charge in [0.05, 0.1) is 18.2 Å². The molecule has 2 rings (SSSR count). The summed E-state index contributed by atoms with van der Waals surface area (Å²) in [5.41, 5.74) is 1.30. The van der Waals surface area contributed by atoms with Crippen LogP contribution < -0.4 is 51.4 Å². The maximum absolute atomic E-state index is 11.6. The first-order valence-corrected chi connectivity index (χ1v) is 5.36. The summed E-state index contributed by atoms with van der Waals surface area (Å²) < 4.78 is 6.62. The van der Waals surface area contributed by atoms with E-state index in [2.05, 4.69) is 0 Å². The molecule has 0 N–H and O–H groups in total. The fourth-order valence-electron chi connectivity index (χ4n) is 1.60. The van der Waals surface area contributed by atoms with Crippen molar-refractivity contribution in [3.8, 4) is 0 Å². The number of aromatic nitrogens is 1. The second-order valence-electron chi connectivity index (χ2n) is 3.19. The van der Waals surface area contributed by atoms with Gasteiger partial charge in [0.2, 0.25) is 0 Å². The molecule has 1 heterocycles. The molecule has 0 amide bonds. The molecule has 0 aliphatic carbocycles. The van der Waals surface area contributed by atoms with Gasteiger partial charge < -0.3 is 34.2 Å². The van der Waals surface area contributed by atoms with Gasteiger partial charge in [0.15, 0.2) is 0 Å². The van der Waals surface area contributed by atoms with Gasteiger partial charge >= 0.3 is 57.4 Å². The number of para-hydroxylation sites is 1. The molecule has 0 aliphatic heterocycles. The van der Waals surface area contributed by atoms with Crippen LogP contribution in [-0.4, -0.2) is 22.0 Å². The van der Waals surface area contributed by atoms with E-state index in [0.717, 1.165) is 10.9 Å². The minimum atomic E-state index is -0.388. The first-order chi connectivity index (χ1) is 7.65. The minimum Gasteiger partial charge on any atom is -0.465 e. The molecule has 0 aliphatic rings. The number of carbonyl (C=O) groups is 1. The summed E-state index contributed by atoms with van der Waals surface area (Å²) in [5, 5.41) is 0.793. The zero-order valence-corrected chi connectivity index (χ0v) is 14.2. The molecule has 0 spiro atoms. The summed E-state index contributed by atoms with van der Waals surface area (Å²) in [4.78, 5) is 11.6. The third-order valence-corrected chi connectivity index (χ3v) is 2.71. The van der Waals surface area contributed by atoms with Crippen molar-refractivity contribution in [2.75, 3.05) is 7.11 Å². The van der Waals surface area contributed by atoms with Crippen molar-refractivity contribution in [1.29, 1.82) is 0 Å². The van der Waals surface area contributed by atoms with Crippen LogP contribution in [0.3, 0.4) is 0 Å². The number of rotatable bonds is 1. The van der Waals surface area contributed by atoms with Crippen LogP contribution in [-0.2, 0) is 17.4 Å². The van der Waals surface area contributed by atoms with E-state index in [4.69, 9.17) is 29.6 Å². The number of hydrogen-bond acceptors (Lipinski definition) is 4. The summed E-state index contributed by atoms with van der Waals surface area (Å²) in [6.07, 6.45) is 1.62. The first kappa shape index (κ1) is 15.2. The molecule has 82 valence electrons. The molecule has 0 radical (unpaired) electrons. The molecular weight excluding hydrogens is 281 g/mol. The molecule has 0 saturated heterocycles. The van der Waals surface area contributed by atoms with Gasteiger partial charge in [-0.1, -0.05) is 22.5 Å². The molecule has 1 aromatic heterocycles. The Bertz CT molecular complexity index is 580. The molecule has 0 saturated carbocycles. The number of thiocarbonyl (C=S) groups is 1. The predicted molar refractivity (Wildman–Crippen MR) is 68.6 cm³/mol. The van der Waals surface area contributed by atoms with Gasteiger partial charge in [-0.2, -0.15) is 0 Å². The van der Waals surface area contributed by atoms with Crippen LogP contribution in [0.4, 0.5) is 0 Å². The molecule has 0 atom stereocenters. The van der Waals surface area contributed by atoms with Gasteiger partial charge in [0.25, 0.3) is 0 Å². The minimum absolute atomic E-state index is 0. The summed E-state index contributed by atoms with van der Waals surface area (Å²) in [6, 6.07) is 7.42. The Kier molecular flexibility index (Phi) is 5.71. The molecule has 1 aromatic carbocycles. The van der Waals surface area contributed by atoms with Crippen molar-refractivity contribution in [3.63, 3.8) is 0 Å². The van der Waals surface area contributed by atoms with Crippen LogP contribution >= 0.6 is 12.2 Å². The standard InChI is InChI=1S/C11H9NO2S2.K/c1-14-10(13)8-6-12(11(15)16)9-5-3-2-4-7(8)9;/h2-6H,1H3,(H,15,16);/q;+1/p-1. The molecule has 0 fully saturated rings. The van der Waals surface area contributed by atoms with E-state index >= 15 is 0 Å². The second kappa shape index (κ2) is 6.37. The van der Waals surface area contributed by atoms with Crippen molar-refractivity contribution in [2.45, 2.75) is 0 Å². The number of ether oxygens (including phenoxy) is 1. The largest absolute Gasteiger partial charge is 1.00 e. The topological polar surface area (TPSA) is 31.2 Å². The first-order valence-electron chi connectivity index (χ1n) is 4.55. The van der Waals surface area contributed by atoms with E-state index in [0.29, 0.717) is 5.56 Å². The van der Waals surface area contributed by atoms with E-state index in [1.165, 1.54) is 7.11 Å². The Morgan fingerprint density at radius 1 is 1.41 bits per heavy atom. The zero-order chi connectivity index (χ0) is 11.7. The fraction of sp³-hybridized carbons (Fsp3) is 0.0909. The predicted octanol–water partition coefficient (Wildman–Crippen LogP) is -0.888. The maximum Gasteiger partial charge on any atom is 1.00 e. The number of hydrogen-bond donors (Lipinski definition) is 0. The molecule has 6 heteroatoms. The molecule has 3 nitrogen and oxygen atoms in total. The van der Waals surface area contributed by atoms with Crippen molar-refractivity contribution < 1.29 is 60.9 Å². The van der Waals surface area contributed by atoms with Crippen molar-refractivity contribution in [3.05, 3.63) is 36.0 Å². The Morgan fingerprint density at radius 2 is 2.06 bits per heavy atom. The number of methoxy groups -OCH3 is 1. The van der Waals surface area contributed by atoms with Crippen LogP contribution in [0.25, 0.3) is 10.9 Å². The molecule has 2 aromatic rings. The summed E-state index contributed by atoms with van der Waals surface area (Å²) in [7, 11) is 1.35. The Morgan fingerprint density at radius 3 is 2.65 bits per heavy atom. The number of fused-ring (bicyclic) bond motifs is 1. The zero-order valence-electron chi connectivity index (χ0n) is 9.47. The van der Waals surface area contributed by atoms with Gasteiger partial charge in [-0.3, -0.25) is 0 Å². The smallest absolute Gasteiger partial charge is 0.465 e. The van der Waals surface area contributed by atoms with Crippen molar-refractivity contribution in [1.82, 2.24) is 4.57 Å². The van der Waals surface area contributed by atoms with Gasteiger partial charge in [0.1, 0.15) is 0 Å². The third-order valence-electron chi connectivity index (χ3n) is 2.31. The van der Waals surface area contributed by atoms with E-state index in [1.807, 2.05) is 24.3 Å². The third kappa shape index (κ3) is 2.95. The van der Waals surface area contributed by atoms with E-state index in [1.54, 1.807) is 10.8 Å². The Hall–Kier alpha value is 0.176. The van der Waals surface area contributed by atoms with Gasteiger partial charge in [-0.05, 0) is 6.07 Å². The van der Waals surface area contributed by atoms with Crippen molar-refractivity contribution in [2.24, 2.45) is 0 Å². The average molecular weight is 289 g/mol. The number of nitrogens with zero attached hydrogens (tertiary/aromatic N) is 1. The van der Waals surface area contributed by atoms with E-state index < -0.39 is 0 Å². The molecular formula is C11H8KNO2S2. The number of benzene rings is 1. The summed E-state index contributed by atoms with van der Waals surface area (Å²) in [6.45, 7) is 0. The van der Waals surface area contributed by atoms with Crippen LogP contribution in [0.2, 0.25) is 0 Å². The quantitative estimate of drug-likeness (QED) is 0.295. The van der Waals surface area contributed by atoms with Gasteiger partial charge in [0, 0.05) is 11.6 Å². The number of carbonyl (C=O) groups excluding carboxylic acids is 1. The summed E-state index contributed by atoms with van der Waals surface area (Å²) in [5.74, 6) is -0.388. The Balaban J connectivity index is 0.00000144. The second-order valence-corrected chi connectivity index (χ2v) is 4.22. The maximum atomic E-state index is 11.6. The molecule has 0 unspecified atom stereocenters. The number of esters is 1. The van der Waals surface area contributed by atoms with Gasteiger partial charge in [-0.15, -0.1) is 0 Å². The van der Waals surface area contributed by atoms with Crippen LogP contribution in [0.1, 0.15) is 10.4 Å². The van der Waals surface area contributed by atoms with E-state index in [-0.39, 0.29) is 61.7 Å². The normalized spacial score (nSPS) is 9.71. The fourth-order valence-corrected chi connectivity index (χ4v) is 1.91. The molecule has 0 bridgehead atoms. The van der Waals surface area contributed by atoms with Crippen LogP contribution in [0, 0.1) is 0 Å². The Labute approximate surface area is 152 Å².